The smallest absolute Gasteiger partial charge is 0.218 e. The third kappa shape index (κ3) is 4.87. The van der Waals surface area contributed by atoms with Gasteiger partial charge in [0, 0.05) is 6.07 Å². The summed E-state index contributed by atoms with van der Waals surface area (Å²) in [5.41, 5.74) is 0. The van der Waals surface area contributed by atoms with Crippen LogP contribution < -0.4 is 10.1 Å². The molecule has 0 aliphatic rings. The molecule has 1 rings (SSSR count). The van der Waals surface area contributed by atoms with E-state index in [2.05, 4.69) is 29.1 Å². The number of aliphatic hydroxyl groups is 1. The fourth-order valence-electron chi connectivity index (χ4n) is 1.79. The minimum absolute atomic E-state index is 0.00813. The minimum Gasteiger partial charge on any atom is -0.478 e. The highest BCUT2D eigenvalue weighted by atomic mass is 16.5. The fourth-order valence-corrected chi connectivity index (χ4v) is 1.79. The molecule has 0 spiro atoms. The molecular formula is C13H23N3O2. The number of hydrogen-bond donors (Lipinski definition) is 2. The number of aromatic nitrogens is 2. The molecule has 1 atom stereocenters. The van der Waals surface area contributed by atoms with Crippen LogP contribution in [-0.2, 0) is 0 Å². The molecule has 0 fully saturated rings. The Morgan fingerprint density at radius 2 is 2.11 bits per heavy atom. The second-order valence-corrected chi connectivity index (χ2v) is 4.73. The second-order valence-electron chi connectivity index (χ2n) is 4.73. The molecule has 0 saturated carbocycles. The Hall–Kier alpha value is -1.36. The number of nitrogens with one attached hydrogen (secondary N) is 1. The third-order valence-corrected chi connectivity index (χ3v) is 2.43. The van der Waals surface area contributed by atoms with Crippen molar-refractivity contribution in [3.8, 4) is 5.88 Å². The quantitative estimate of drug-likeness (QED) is 0.778. The van der Waals surface area contributed by atoms with E-state index in [1.54, 1.807) is 6.07 Å². The summed E-state index contributed by atoms with van der Waals surface area (Å²) in [7, 11) is 0. The lowest BCUT2D eigenvalue weighted by Gasteiger charge is -2.19. The van der Waals surface area contributed by atoms with E-state index in [1.165, 1.54) is 0 Å². The normalized spacial score (nSPS) is 12.6. The summed E-state index contributed by atoms with van der Waals surface area (Å²) in [5, 5.41) is 12.6. The molecule has 0 amide bonds. The maximum atomic E-state index is 9.34. The van der Waals surface area contributed by atoms with E-state index in [0.29, 0.717) is 30.0 Å². The van der Waals surface area contributed by atoms with Crippen molar-refractivity contribution in [2.24, 2.45) is 5.92 Å². The Bertz CT molecular complexity index is 369. The van der Waals surface area contributed by atoms with Crippen LogP contribution in [0.2, 0.25) is 0 Å². The summed E-state index contributed by atoms with van der Waals surface area (Å²) in [4.78, 5) is 8.48. The minimum atomic E-state index is 0.00813. The van der Waals surface area contributed by atoms with Gasteiger partial charge in [0.2, 0.25) is 5.88 Å². The Morgan fingerprint density at radius 3 is 2.67 bits per heavy atom. The number of aliphatic hydroxyl groups excluding tert-OH is 1. The lowest BCUT2D eigenvalue weighted by molar-refractivity contribution is 0.259. The van der Waals surface area contributed by atoms with Crippen LogP contribution in [0.5, 0.6) is 5.88 Å². The first kappa shape index (κ1) is 14.7. The molecule has 0 bridgehead atoms. The van der Waals surface area contributed by atoms with E-state index >= 15 is 0 Å². The van der Waals surface area contributed by atoms with E-state index in [9.17, 15) is 5.11 Å². The van der Waals surface area contributed by atoms with Crippen molar-refractivity contribution in [2.45, 2.75) is 40.2 Å². The monoisotopic (exact) mass is 253 g/mol. The zero-order chi connectivity index (χ0) is 13.5. The van der Waals surface area contributed by atoms with Gasteiger partial charge >= 0.3 is 0 Å². The molecule has 18 heavy (non-hydrogen) atoms. The van der Waals surface area contributed by atoms with Gasteiger partial charge in [0.15, 0.2) is 0 Å². The summed E-state index contributed by atoms with van der Waals surface area (Å²) in [5.74, 6) is 2.44. The Balaban J connectivity index is 2.75. The maximum Gasteiger partial charge on any atom is 0.218 e. The summed E-state index contributed by atoms with van der Waals surface area (Å²) in [6.45, 7) is 8.66. The average molecular weight is 253 g/mol. The van der Waals surface area contributed by atoms with E-state index in [-0.39, 0.29) is 12.6 Å². The van der Waals surface area contributed by atoms with Crippen molar-refractivity contribution in [3.05, 3.63) is 11.9 Å². The van der Waals surface area contributed by atoms with Gasteiger partial charge in [0.1, 0.15) is 11.6 Å². The molecule has 5 nitrogen and oxygen atoms in total. The van der Waals surface area contributed by atoms with Gasteiger partial charge in [-0.25, -0.2) is 4.98 Å². The van der Waals surface area contributed by atoms with Crippen molar-refractivity contribution >= 4 is 5.82 Å². The predicted octanol–water partition coefficient (Wildman–Crippen LogP) is 2.00. The van der Waals surface area contributed by atoms with E-state index < -0.39 is 0 Å². The van der Waals surface area contributed by atoms with Gasteiger partial charge in [-0.3, -0.25) is 0 Å². The van der Waals surface area contributed by atoms with Crippen molar-refractivity contribution < 1.29 is 9.84 Å². The molecule has 0 aromatic carbocycles. The molecule has 102 valence electrons. The first-order valence-electron chi connectivity index (χ1n) is 6.41. The van der Waals surface area contributed by atoms with Crippen LogP contribution in [0.4, 0.5) is 5.82 Å². The third-order valence-electron chi connectivity index (χ3n) is 2.43. The van der Waals surface area contributed by atoms with Crippen molar-refractivity contribution in [3.63, 3.8) is 0 Å². The largest absolute Gasteiger partial charge is 0.478 e. The first-order valence-corrected chi connectivity index (χ1v) is 6.41. The lowest BCUT2D eigenvalue weighted by Crippen LogP contribution is -2.26. The fraction of sp³-hybridized carbons (Fsp3) is 0.692. The Labute approximate surface area is 109 Å². The Kier molecular flexibility index (Phi) is 5.85. The summed E-state index contributed by atoms with van der Waals surface area (Å²) >= 11 is 0. The van der Waals surface area contributed by atoms with Gasteiger partial charge in [-0.2, -0.15) is 4.98 Å². The SMILES string of the molecule is CCOc1cc(NC(CO)CC(C)C)nc(C)n1. The number of nitrogens with zero attached hydrogens (tertiary/aromatic N) is 2. The molecule has 0 radical (unpaired) electrons. The van der Waals surface area contributed by atoms with Crippen molar-refractivity contribution in [2.75, 3.05) is 18.5 Å². The van der Waals surface area contributed by atoms with Gasteiger partial charge in [0.05, 0.1) is 19.3 Å². The highest BCUT2D eigenvalue weighted by Gasteiger charge is 2.11. The molecule has 1 aromatic rings. The Morgan fingerprint density at radius 1 is 1.39 bits per heavy atom. The zero-order valence-corrected chi connectivity index (χ0v) is 11.6. The van der Waals surface area contributed by atoms with Gasteiger partial charge in [-0.1, -0.05) is 13.8 Å². The van der Waals surface area contributed by atoms with E-state index in [1.807, 2.05) is 13.8 Å². The number of rotatable bonds is 7. The first-order chi connectivity index (χ1) is 8.55. The standard InChI is InChI=1S/C13H23N3O2/c1-5-18-13-7-12(14-10(4)15-13)16-11(8-17)6-9(2)3/h7,9,11,17H,5-6,8H2,1-4H3,(H,14,15,16). The number of ether oxygens (including phenoxy) is 1. The van der Waals surface area contributed by atoms with Gasteiger partial charge < -0.3 is 15.2 Å². The molecule has 0 saturated heterocycles. The molecule has 0 aliphatic carbocycles. The van der Waals surface area contributed by atoms with Crippen molar-refractivity contribution in [1.29, 1.82) is 0 Å². The average Bonchev–Trinajstić information content (AvgIpc) is 2.27. The summed E-state index contributed by atoms with van der Waals surface area (Å²) in [6.07, 6.45) is 0.892. The van der Waals surface area contributed by atoms with Gasteiger partial charge in [-0.05, 0) is 26.2 Å². The molecular weight excluding hydrogens is 230 g/mol. The van der Waals surface area contributed by atoms with Crippen LogP contribution in [0, 0.1) is 12.8 Å². The number of hydrogen-bond acceptors (Lipinski definition) is 5. The molecule has 1 heterocycles. The van der Waals surface area contributed by atoms with Gasteiger partial charge in [-0.15, -0.1) is 0 Å². The highest BCUT2D eigenvalue weighted by Crippen LogP contribution is 2.16. The maximum absolute atomic E-state index is 9.34. The van der Waals surface area contributed by atoms with Gasteiger partial charge in [0.25, 0.3) is 0 Å². The van der Waals surface area contributed by atoms with Crippen LogP contribution in [0.15, 0.2) is 6.07 Å². The molecule has 1 unspecified atom stereocenters. The zero-order valence-electron chi connectivity index (χ0n) is 11.6. The van der Waals surface area contributed by atoms with E-state index in [4.69, 9.17) is 4.74 Å². The van der Waals surface area contributed by atoms with Crippen molar-refractivity contribution in [1.82, 2.24) is 9.97 Å². The molecule has 2 N–H and O–H groups in total. The predicted molar refractivity (Wildman–Crippen MR) is 71.9 cm³/mol. The topological polar surface area (TPSA) is 67.3 Å². The van der Waals surface area contributed by atoms with Crippen LogP contribution in [0.25, 0.3) is 0 Å². The van der Waals surface area contributed by atoms with Crippen LogP contribution in [-0.4, -0.2) is 34.3 Å². The molecule has 1 aromatic heterocycles. The second kappa shape index (κ2) is 7.16. The van der Waals surface area contributed by atoms with Crippen LogP contribution in [0.1, 0.15) is 33.0 Å². The highest BCUT2D eigenvalue weighted by molar-refractivity contribution is 5.39. The summed E-state index contributed by atoms with van der Waals surface area (Å²) < 4.78 is 5.37. The van der Waals surface area contributed by atoms with E-state index in [0.717, 1.165) is 6.42 Å². The molecule has 5 heteroatoms. The number of anilines is 1. The number of aryl methyl sites for hydroxylation is 1. The molecule has 0 aliphatic heterocycles. The van der Waals surface area contributed by atoms with Crippen LogP contribution >= 0.6 is 0 Å². The van der Waals surface area contributed by atoms with Crippen LogP contribution in [0.3, 0.4) is 0 Å². The summed E-state index contributed by atoms with van der Waals surface area (Å²) in [6, 6.07) is 1.77. The lowest BCUT2D eigenvalue weighted by atomic mass is 10.0.